The van der Waals surface area contributed by atoms with Crippen LogP contribution in [0.2, 0.25) is 5.02 Å². The molecule has 0 spiro atoms. The van der Waals surface area contributed by atoms with E-state index in [0.29, 0.717) is 23.4 Å². The Labute approximate surface area is 265 Å². The Morgan fingerprint density at radius 2 is 1.78 bits per heavy atom. The molecule has 0 radical (unpaired) electrons. The fourth-order valence-electron chi connectivity index (χ4n) is 2.14. The first-order valence-electron chi connectivity index (χ1n) is 11.4. The molecule has 36 heavy (non-hydrogen) atoms. The monoisotopic (exact) mass is 550 g/mol. The quantitative estimate of drug-likeness (QED) is 0.236. The van der Waals surface area contributed by atoms with Crippen LogP contribution in [-0.2, 0) is 9.59 Å². The maximum Gasteiger partial charge on any atom is 1.00 e. The first kappa shape index (κ1) is 42.3. The molecular formula is C28H42ClF2KN2O2-2. The maximum atomic E-state index is 13.2. The Morgan fingerprint density at radius 3 is 2.08 bits per heavy atom. The van der Waals surface area contributed by atoms with E-state index in [4.69, 9.17) is 11.6 Å². The van der Waals surface area contributed by atoms with E-state index in [1.165, 1.54) is 23.8 Å². The number of rotatable bonds is 5. The standard InChI is InChI=1S/C13H14ClF2N.C5H6NO2.C4H8.2C3H7.K/c1-4-13(16)9(3)17-8(2)11-6-5-10(15)7-12(11)14;7-3-4-1-2-5(8)6-4;1-4(2)3;2*1-3-2;/h4-8,17H,3H2,1-2H3;4H,1-2H2,(H,6,8);1H2,2-3H3;2*1,3H2,2H3;/q;-1;;2*-1;+1/b13-4+;;;;;/t;4-;;;;/m.1..../s1. The van der Waals surface area contributed by atoms with Crippen LogP contribution in [0.5, 0.6) is 0 Å². The van der Waals surface area contributed by atoms with Gasteiger partial charge in [0.1, 0.15) is 11.6 Å². The normalized spacial score (nSPS) is 14.1. The molecule has 2 atom stereocenters. The molecule has 2 N–H and O–H groups in total. The van der Waals surface area contributed by atoms with Gasteiger partial charge in [-0.15, -0.1) is 6.58 Å². The van der Waals surface area contributed by atoms with Crippen molar-refractivity contribution < 1.29 is 69.8 Å². The Morgan fingerprint density at radius 1 is 1.31 bits per heavy atom. The van der Waals surface area contributed by atoms with E-state index >= 15 is 0 Å². The number of halogens is 3. The summed E-state index contributed by atoms with van der Waals surface area (Å²) >= 11 is 5.90. The van der Waals surface area contributed by atoms with Gasteiger partial charge in [-0.3, -0.25) is 4.79 Å². The summed E-state index contributed by atoms with van der Waals surface area (Å²) in [4.78, 5) is 20.1. The number of carbonyl (C=O) groups excluding carboxylic acids is 2. The second kappa shape index (κ2) is 27.2. The predicted octanol–water partition coefficient (Wildman–Crippen LogP) is 4.94. The van der Waals surface area contributed by atoms with Crippen molar-refractivity contribution in [2.45, 2.75) is 79.3 Å². The molecule has 2 rings (SSSR count). The van der Waals surface area contributed by atoms with Crippen LogP contribution in [-0.4, -0.2) is 18.2 Å². The maximum absolute atomic E-state index is 13.2. The summed E-state index contributed by atoms with van der Waals surface area (Å²) in [6.07, 6.45) is 6.11. The summed E-state index contributed by atoms with van der Waals surface area (Å²) in [6, 6.07) is 3.53. The molecule has 1 heterocycles. The molecule has 1 aliphatic rings. The Kier molecular flexibility index (Phi) is 31.9. The van der Waals surface area contributed by atoms with Crippen LogP contribution in [0.15, 0.2) is 54.5 Å². The smallest absolute Gasteiger partial charge is 0.540 e. The molecular weight excluding hydrogens is 509 g/mol. The van der Waals surface area contributed by atoms with Gasteiger partial charge in [0.15, 0.2) is 0 Å². The van der Waals surface area contributed by atoms with Gasteiger partial charge in [-0.2, -0.15) is 12.8 Å². The Bertz CT molecular complexity index is 796. The molecule has 1 aromatic carbocycles. The van der Waals surface area contributed by atoms with Crippen molar-refractivity contribution in [3.05, 3.63) is 84.8 Å². The minimum atomic E-state index is -0.421. The van der Waals surface area contributed by atoms with Gasteiger partial charge in [-0.1, -0.05) is 49.7 Å². The second-order valence-corrected chi connectivity index (χ2v) is 8.04. The molecule has 4 nitrogen and oxygen atoms in total. The number of amides is 1. The van der Waals surface area contributed by atoms with Gasteiger partial charge in [0.05, 0.1) is 11.7 Å². The minimum Gasteiger partial charge on any atom is -0.540 e. The molecule has 0 bridgehead atoms. The summed E-state index contributed by atoms with van der Waals surface area (Å²) in [5.41, 5.74) is 2.04. The third kappa shape index (κ3) is 24.8. The van der Waals surface area contributed by atoms with E-state index in [1.807, 2.05) is 27.7 Å². The fraction of sp³-hybridized carbons (Fsp3) is 0.429. The van der Waals surface area contributed by atoms with Crippen molar-refractivity contribution in [1.82, 2.24) is 10.6 Å². The number of hydrogen-bond donors (Lipinski definition) is 2. The van der Waals surface area contributed by atoms with Crippen LogP contribution in [0.3, 0.4) is 0 Å². The van der Waals surface area contributed by atoms with Crippen LogP contribution in [0.4, 0.5) is 8.78 Å². The number of hydrogen-bond acceptors (Lipinski definition) is 3. The summed E-state index contributed by atoms with van der Waals surface area (Å²) < 4.78 is 26.0. The molecule has 8 heteroatoms. The first-order chi connectivity index (χ1) is 16.3. The van der Waals surface area contributed by atoms with E-state index in [0.717, 1.165) is 12.8 Å². The predicted molar refractivity (Wildman–Crippen MR) is 146 cm³/mol. The molecule has 1 aliphatic heterocycles. The molecule has 0 saturated carbocycles. The molecule has 0 aromatic heterocycles. The molecule has 200 valence electrons. The van der Waals surface area contributed by atoms with E-state index in [9.17, 15) is 18.4 Å². The van der Waals surface area contributed by atoms with Crippen LogP contribution in [0, 0.1) is 19.7 Å². The van der Waals surface area contributed by atoms with Crippen molar-refractivity contribution in [2.75, 3.05) is 0 Å². The van der Waals surface area contributed by atoms with E-state index in [2.05, 4.69) is 37.6 Å². The van der Waals surface area contributed by atoms with E-state index in [1.54, 1.807) is 26.2 Å². The topological polar surface area (TPSA) is 58.2 Å². The molecule has 1 saturated heterocycles. The number of benzene rings is 1. The minimum absolute atomic E-state index is 0. The molecule has 0 aliphatic carbocycles. The van der Waals surface area contributed by atoms with Crippen LogP contribution in [0.25, 0.3) is 0 Å². The van der Waals surface area contributed by atoms with Gasteiger partial charge in [-0.25, -0.2) is 15.1 Å². The molecule has 1 fully saturated rings. The average Bonchev–Trinajstić information content (AvgIpc) is 3.19. The summed E-state index contributed by atoms with van der Waals surface area (Å²) in [6.45, 7) is 25.4. The zero-order valence-electron chi connectivity index (χ0n) is 23.1. The van der Waals surface area contributed by atoms with Crippen LogP contribution < -0.4 is 62.0 Å². The van der Waals surface area contributed by atoms with Gasteiger partial charge in [-0.05, 0) is 57.9 Å². The summed E-state index contributed by atoms with van der Waals surface area (Å²) in [5, 5.41) is 5.61. The zero-order chi connectivity index (χ0) is 28.0. The van der Waals surface area contributed by atoms with Gasteiger partial charge in [0, 0.05) is 11.4 Å². The summed E-state index contributed by atoms with van der Waals surface area (Å²) in [7, 11) is 0. The SMILES string of the molecule is C=C(C)C.C=C(NC(C)c1ccc(F)cc1Cl)/C(F)=C\C.O=[C-][C@H]1CCC(=O)N1.[CH2-]CC.[CH2-]CC.[K+]. The van der Waals surface area contributed by atoms with Crippen molar-refractivity contribution in [1.29, 1.82) is 0 Å². The van der Waals surface area contributed by atoms with Crippen molar-refractivity contribution in [3.8, 4) is 0 Å². The van der Waals surface area contributed by atoms with Crippen LogP contribution in [0.1, 0.15) is 78.8 Å². The third-order valence-corrected chi connectivity index (χ3v) is 3.83. The third-order valence-electron chi connectivity index (χ3n) is 3.50. The number of allylic oxidation sites excluding steroid dienone is 3. The zero-order valence-corrected chi connectivity index (χ0v) is 27.0. The van der Waals surface area contributed by atoms with Crippen molar-refractivity contribution >= 4 is 23.8 Å². The second-order valence-electron chi connectivity index (χ2n) is 7.63. The molecule has 1 amide bonds. The van der Waals surface area contributed by atoms with Gasteiger partial charge in [0.2, 0.25) is 5.91 Å². The average molecular weight is 551 g/mol. The Hall–Kier alpha value is -0.834. The number of carbonyl (C=O) groups is 1. The van der Waals surface area contributed by atoms with Crippen molar-refractivity contribution in [3.63, 3.8) is 0 Å². The first-order valence-corrected chi connectivity index (χ1v) is 11.8. The van der Waals surface area contributed by atoms with Gasteiger partial charge < -0.3 is 29.3 Å². The van der Waals surface area contributed by atoms with Crippen LogP contribution >= 0.6 is 11.6 Å². The van der Waals surface area contributed by atoms with E-state index < -0.39 is 11.6 Å². The fourth-order valence-corrected chi connectivity index (χ4v) is 2.47. The van der Waals surface area contributed by atoms with E-state index in [-0.39, 0.29) is 75.1 Å². The Balaban J connectivity index is -0.000000223. The van der Waals surface area contributed by atoms with Gasteiger partial charge >= 0.3 is 51.4 Å². The largest absolute Gasteiger partial charge is 1.00 e. The molecule has 1 aromatic rings. The van der Waals surface area contributed by atoms with Crippen molar-refractivity contribution in [2.24, 2.45) is 0 Å². The molecule has 1 unspecified atom stereocenters. The summed E-state index contributed by atoms with van der Waals surface area (Å²) in [5.74, 6) is -0.863. The van der Waals surface area contributed by atoms with Gasteiger partial charge in [0.25, 0.3) is 0 Å². The number of nitrogens with one attached hydrogen (secondary N) is 2.